The van der Waals surface area contributed by atoms with Crippen LogP contribution in [0.25, 0.3) is 0 Å². The molecule has 2 aliphatic rings. The summed E-state index contributed by atoms with van der Waals surface area (Å²) in [7, 11) is 0. The van der Waals surface area contributed by atoms with E-state index in [0.717, 1.165) is 12.8 Å². The van der Waals surface area contributed by atoms with Crippen molar-refractivity contribution in [2.24, 2.45) is 17.8 Å². The van der Waals surface area contributed by atoms with Gasteiger partial charge in [-0.15, -0.1) is 0 Å². The molecule has 17 heavy (non-hydrogen) atoms. The zero-order valence-electron chi connectivity index (χ0n) is 10.0. The predicted molar refractivity (Wildman–Crippen MR) is 59.5 cm³/mol. The molecule has 0 aromatic rings. The van der Waals surface area contributed by atoms with Gasteiger partial charge < -0.3 is 5.11 Å². The fourth-order valence-corrected chi connectivity index (χ4v) is 3.47. The molecule has 100 valence electrons. The first-order valence-electron chi connectivity index (χ1n) is 6.73. The van der Waals surface area contributed by atoms with Gasteiger partial charge in [-0.3, -0.25) is 0 Å². The molecule has 0 heterocycles. The van der Waals surface area contributed by atoms with E-state index in [9.17, 15) is 18.3 Å². The summed E-state index contributed by atoms with van der Waals surface area (Å²) in [6, 6.07) is 0. The minimum atomic E-state index is -4.04. The normalized spacial score (nSPS) is 33.9. The number of aliphatic hydroxyl groups excluding tert-OH is 1. The Kier molecular flexibility index (Phi) is 4.01. The van der Waals surface area contributed by atoms with Crippen LogP contribution < -0.4 is 0 Å². The van der Waals surface area contributed by atoms with Crippen molar-refractivity contribution in [3.8, 4) is 0 Å². The summed E-state index contributed by atoms with van der Waals surface area (Å²) in [6.07, 6.45) is 1.55. The van der Waals surface area contributed by atoms with Crippen molar-refractivity contribution in [2.45, 2.75) is 63.6 Å². The molecule has 2 saturated carbocycles. The molecule has 1 N–H and O–H groups in total. The predicted octanol–water partition coefficient (Wildman–Crippen LogP) is 3.91. The first kappa shape index (κ1) is 13.2. The van der Waals surface area contributed by atoms with Crippen molar-refractivity contribution in [3.05, 3.63) is 0 Å². The molecule has 0 bridgehead atoms. The van der Waals surface area contributed by atoms with E-state index < -0.39 is 12.1 Å². The summed E-state index contributed by atoms with van der Waals surface area (Å²) >= 11 is 0. The molecule has 1 unspecified atom stereocenters. The van der Waals surface area contributed by atoms with Crippen molar-refractivity contribution in [1.29, 1.82) is 0 Å². The van der Waals surface area contributed by atoms with Gasteiger partial charge in [0.15, 0.2) is 0 Å². The quantitative estimate of drug-likeness (QED) is 0.788. The van der Waals surface area contributed by atoms with Gasteiger partial charge in [-0.05, 0) is 50.4 Å². The van der Waals surface area contributed by atoms with Crippen LogP contribution in [-0.4, -0.2) is 17.4 Å². The van der Waals surface area contributed by atoms with Crippen molar-refractivity contribution in [2.75, 3.05) is 0 Å². The Morgan fingerprint density at radius 2 is 1.29 bits per heavy atom. The van der Waals surface area contributed by atoms with Crippen LogP contribution >= 0.6 is 0 Å². The van der Waals surface area contributed by atoms with Crippen LogP contribution in [0.2, 0.25) is 0 Å². The Bertz CT molecular complexity index is 238. The Hall–Kier alpha value is -0.250. The molecule has 2 rings (SSSR count). The van der Waals surface area contributed by atoms with Crippen molar-refractivity contribution in [1.82, 2.24) is 0 Å². The van der Waals surface area contributed by atoms with Crippen LogP contribution in [0.3, 0.4) is 0 Å². The molecule has 2 fully saturated rings. The summed E-state index contributed by atoms with van der Waals surface area (Å²) in [5.74, 6) is -0.673. The second-order valence-electron chi connectivity index (χ2n) is 5.69. The van der Waals surface area contributed by atoms with Crippen LogP contribution in [-0.2, 0) is 0 Å². The molecule has 0 saturated heterocycles. The van der Waals surface area contributed by atoms with Gasteiger partial charge in [0.25, 0.3) is 0 Å². The van der Waals surface area contributed by atoms with Gasteiger partial charge in [0.1, 0.15) is 0 Å². The highest BCUT2D eigenvalue weighted by atomic mass is 19.4. The highest BCUT2D eigenvalue weighted by Crippen LogP contribution is 2.42. The topological polar surface area (TPSA) is 20.2 Å². The molecule has 0 aromatic heterocycles. The van der Waals surface area contributed by atoms with E-state index in [1.807, 2.05) is 0 Å². The van der Waals surface area contributed by atoms with E-state index in [4.69, 9.17) is 0 Å². The van der Waals surface area contributed by atoms with E-state index in [1.165, 1.54) is 12.8 Å². The second-order valence-corrected chi connectivity index (χ2v) is 5.69. The number of hydrogen-bond donors (Lipinski definition) is 1. The number of hydrogen-bond acceptors (Lipinski definition) is 1. The van der Waals surface area contributed by atoms with Crippen LogP contribution in [0, 0.1) is 17.8 Å². The van der Waals surface area contributed by atoms with Crippen molar-refractivity contribution >= 4 is 0 Å². The largest absolute Gasteiger partial charge is 0.393 e. The lowest BCUT2D eigenvalue weighted by atomic mass is 9.76. The average Bonchev–Trinajstić information content (AvgIpc) is 2.80. The minimum Gasteiger partial charge on any atom is -0.393 e. The summed E-state index contributed by atoms with van der Waals surface area (Å²) in [4.78, 5) is 0. The maximum Gasteiger partial charge on any atom is 0.391 e. The van der Waals surface area contributed by atoms with Crippen LogP contribution in [0.5, 0.6) is 0 Å². The highest BCUT2D eigenvalue weighted by Gasteiger charge is 2.43. The lowest BCUT2D eigenvalue weighted by Gasteiger charge is -2.34. The van der Waals surface area contributed by atoms with Crippen LogP contribution in [0.4, 0.5) is 13.2 Å². The van der Waals surface area contributed by atoms with Gasteiger partial charge >= 0.3 is 6.18 Å². The Balaban J connectivity index is 1.82. The summed E-state index contributed by atoms with van der Waals surface area (Å²) in [5, 5.41) is 10.2. The summed E-state index contributed by atoms with van der Waals surface area (Å²) < 4.78 is 37.5. The van der Waals surface area contributed by atoms with Crippen molar-refractivity contribution < 1.29 is 18.3 Å². The molecule has 4 heteroatoms. The molecule has 0 aromatic carbocycles. The molecule has 0 radical (unpaired) electrons. The van der Waals surface area contributed by atoms with Crippen LogP contribution in [0.1, 0.15) is 51.4 Å². The first-order chi connectivity index (χ1) is 7.98. The Morgan fingerprint density at radius 3 is 1.76 bits per heavy atom. The molecule has 0 spiro atoms. The monoisotopic (exact) mass is 250 g/mol. The number of alkyl halides is 3. The average molecular weight is 250 g/mol. The Morgan fingerprint density at radius 1 is 0.824 bits per heavy atom. The van der Waals surface area contributed by atoms with Gasteiger partial charge in [-0.25, -0.2) is 0 Å². The van der Waals surface area contributed by atoms with Gasteiger partial charge in [0.05, 0.1) is 12.0 Å². The second kappa shape index (κ2) is 5.17. The highest BCUT2D eigenvalue weighted by molar-refractivity contribution is 4.85. The molecular weight excluding hydrogens is 229 g/mol. The molecular formula is C13H21F3O. The smallest absolute Gasteiger partial charge is 0.391 e. The number of rotatable bonds is 2. The number of aliphatic hydroxyl groups is 1. The van der Waals surface area contributed by atoms with E-state index in [2.05, 4.69) is 0 Å². The third-order valence-corrected chi connectivity index (χ3v) is 4.60. The third-order valence-electron chi connectivity index (χ3n) is 4.60. The van der Waals surface area contributed by atoms with Gasteiger partial charge in [0.2, 0.25) is 0 Å². The standard InChI is InChI=1S/C13H21F3O/c14-13(15,16)11-7-5-10(6-8-11)12(17)9-3-1-2-4-9/h9-12,17H,1-8H2. The van der Waals surface area contributed by atoms with Gasteiger partial charge in [-0.1, -0.05) is 12.8 Å². The third kappa shape index (κ3) is 3.15. The lowest BCUT2D eigenvalue weighted by Crippen LogP contribution is -2.34. The maximum atomic E-state index is 12.5. The van der Waals surface area contributed by atoms with E-state index in [1.54, 1.807) is 0 Å². The fraction of sp³-hybridized carbons (Fsp3) is 1.00. The van der Waals surface area contributed by atoms with E-state index >= 15 is 0 Å². The molecule has 1 atom stereocenters. The molecule has 0 amide bonds. The minimum absolute atomic E-state index is 0.108. The zero-order chi connectivity index (χ0) is 12.5. The molecule has 2 aliphatic carbocycles. The fourth-order valence-electron chi connectivity index (χ4n) is 3.47. The number of halogens is 3. The van der Waals surface area contributed by atoms with Gasteiger partial charge in [-0.2, -0.15) is 13.2 Å². The lowest BCUT2D eigenvalue weighted by molar-refractivity contribution is -0.186. The van der Waals surface area contributed by atoms with Crippen molar-refractivity contribution in [3.63, 3.8) is 0 Å². The maximum absolute atomic E-state index is 12.5. The van der Waals surface area contributed by atoms with Gasteiger partial charge in [0, 0.05) is 0 Å². The summed E-state index contributed by atoms with van der Waals surface area (Å²) in [5.41, 5.74) is 0. The SMILES string of the molecule is OC(C1CCCC1)C1CCC(C(F)(F)F)CC1. The van der Waals surface area contributed by atoms with E-state index in [0.29, 0.717) is 18.8 Å². The zero-order valence-corrected chi connectivity index (χ0v) is 10.0. The molecule has 1 nitrogen and oxygen atoms in total. The van der Waals surface area contributed by atoms with Crippen LogP contribution in [0.15, 0.2) is 0 Å². The van der Waals surface area contributed by atoms with E-state index in [-0.39, 0.29) is 24.9 Å². The first-order valence-corrected chi connectivity index (χ1v) is 6.73. The summed E-state index contributed by atoms with van der Waals surface area (Å²) in [6.45, 7) is 0. The Labute approximate surface area is 100 Å². The molecule has 0 aliphatic heterocycles.